The zero-order chi connectivity index (χ0) is 13.4. The van der Waals surface area contributed by atoms with Crippen LogP contribution < -0.4 is 5.73 Å². The van der Waals surface area contributed by atoms with Crippen LogP contribution in [0.3, 0.4) is 0 Å². The average Bonchev–Trinajstić information content (AvgIpc) is 2.70. The molecule has 1 saturated heterocycles. The van der Waals surface area contributed by atoms with Crippen molar-refractivity contribution in [3.8, 4) is 0 Å². The molecule has 1 aliphatic heterocycles. The lowest BCUT2D eigenvalue weighted by atomic mass is 9.62. The van der Waals surface area contributed by atoms with E-state index in [4.69, 9.17) is 5.73 Å². The number of hydrogen-bond acceptors (Lipinski definition) is 3. The standard InChI is InChI=1S/C14H27NO2S/c1-11(2)12-3-6-14(10-15,7-4-12)13-5-8-18(16,17)9-13/h11-13H,3-10,15H2,1-2H3. The van der Waals surface area contributed by atoms with Gasteiger partial charge < -0.3 is 5.73 Å². The molecule has 0 aromatic rings. The quantitative estimate of drug-likeness (QED) is 0.857. The SMILES string of the molecule is CC(C)C1CCC(CN)(C2CCS(=O)(=O)C2)CC1. The van der Waals surface area contributed by atoms with Gasteiger partial charge in [-0.25, -0.2) is 8.42 Å². The van der Waals surface area contributed by atoms with Crippen LogP contribution in [0.5, 0.6) is 0 Å². The van der Waals surface area contributed by atoms with Crippen molar-refractivity contribution in [1.29, 1.82) is 0 Å². The molecular weight excluding hydrogens is 246 g/mol. The van der Waals surface area contributed by atoms with Crippen molar-refractivity contribution in [1.82, 2.24) is 0 Å². The predicted octanol–water partition coefficient (Wildman–Crippen LogP) is 2.21. The van der Waals surface area contributed by atoms with Crippen LogP contribution in [-0.2, 0) is 9.84 Å². The summed E-state index contributed by atoms with van der Waals surface area (Å²) in [5.41, 5.74) is 6.15. The third-order valence-corrected chi connectivity index (χ3v) is 7.24. The molecule has 18 heavy (non-hydrogen) atoms. The minimum Gasteiger partial charge on any atom is -0.330 e. The molecule has 4 heteroatoms. The van der Waals surface area contributed by atoms with Crippen LogP contribution in [0.1, 0.15) is 46.0 Å². The fourth-order valence-electron chi connectivity index (χ4n) is 3.94. The van der Waals surface area contributed by atoms with Crippen molar-refractivity contribution < 1.29 is 8.42 Å². The zero-order valence-corrected chi connectivity index (χ0v) is 12.5. The van der Waals surface area contributed by atoms with Crippen LogP contribution in [0.25, 0.3) is 0 Å². The van der Waals surface area contributed by atoms with Crippen LogP contribution in [0.4, 0.5) is 0 Å². The molecule has 2 rings (SSSR count). The Balaban J connectivity index is 2.05. The van der Waals surface area contributed by atoms with Crippen LogP contribution in [-0.4, -0.2) is 26.5 Å². The van der Waals surface area contributed by atoms with Crippen LogP contribution >= 0.6 is 0 Å². The summed E-state index contributed by atoms with van der Waals surface area (Å²) in [6.07, 6.45) is 5.56. The second kappa shape index (κ2) is 5.12. The van der Waals surface area contributed by atoms with Crippen molar-refractivity contribution in [2.45, 2.75) is 46.0 Å². The van der Waals surface area contributed by atoms with E-state index < -0.39 is 9.84 Å². The predicted molar refractivity (Wildman–Crippen MR) is 75.0 cm³/mol. The second-order valence-electron chi connectivity index (χ2n) is 6.75. The first kappa shape index (κ1) is 14.3. The molecule has 2 fully saturated rings. The molecule has 0 bridgehead atoms. The maximum atomic E-state index is 11.7. The summed E-state index contributed by atoms with van der Waals surface area (Å²) in [5, 5.41) is 0. The van der Waals surface area contributed by atoms with E-state index in [1.807, 2.05) is 0 Å². The van der Waals surface area contributed by atoms with E-state index in [9.17, 15) is 8.42 Å². The maximum Gasteiger partial charge on any atom is 0.150 e. The minimum atomic E-state index is -2.78. The molecule has 1 saturated carbocycles. The minimum absolute atomic E-state index is 0.120. The lowest BCUT2D eigenvalue weighted by Crippen LogP contribution is -2.42. The summed E-state index contributed by atoms with van der Waals surface area (Å²) in [6.45, 7) is 5.25. The number of hydrogen-bond donors (Lipinski definition) is 1. The third-order valence-electron chi connectivity index (χ3n) is 5.47. The monoisotopic (exact) mass is 273 g/mol. The van der Waals surface area contributed by atoms with Gasteiger partial charge in [-0.3, -0.25) is 0 Å². The van der Waals surface area contributed by atoms with Crippen LogP contribution in [0, 0.1) is 23.2 Å². The summed E-state index contributed by atoms with van der Waals surface area (Å²) in [5.74, 6) is 2.64. The highest BCUT2D eigenvalue weighted by Gasteiger charge is 2.45. The third kappa shape index (κ3) is 2.74. The van der Waals surface area contributed by atoms with Gasteiger partial charge in [0.25, 0.3) is 0 Å². The molecule has 2 aliphatic rings. The van der Waals surface area contributed by atoms with Gasteiger partial charge in [0.2, 0.25) is 0 Å². The maximum absolute atomic E-state index is 11.7. The van der Waals surface area contributed by atoms with Crippen molar-refractivity contribution >= 4 is 9.84 Å². The average molecular weight is 273 g/mol. The van der Waals surface area contributed by atoms with Gasteiger partial charge in [0.05, 0.1) is 11.5 Å². The Labute approximate surface area is 111 Å². The molecule has 1 heterocycles. The van der Waals surface area contributed by atoms with E-state index in [1.165, 1.54) is 12.8 Å². The summed E-state index contributed by atoms with van der Waals surface area (Å²) in [7, 11) is -2.78. The number of nitrogens with two attached hydrogens (primary N) is 1. The highest BCUT2D eigenvalue weighted by Crippen LogP contribution is 2.48. The highest BCUT2D eigenvalue weighted by molar-refractivity contribution is 7.91. The molecule has 0 amide bonds. The lowest BCUT2D eigenvalue weighted by molar-refractivity contribution is 0.0795. The van der Waals surface area contributed by atoms with Crippen LogP contribution in [0.2, 0.25) is 0 Å². The largest absolute Gasteiger partial charge is 0.330 e. The van der Waals surface area contributed by atoms with Gasteiger partial charge >= 0.3 is 0 Å². The molecule has 1 unspecified atom stereocenters. The number of rotatable bonds is 3. The first-order valence-electron chi connectivity index (χ1n) is 7.29. The second-order valence-corrected chi connectivity index (χ2v) is 8.98. The summed E-state index contributed by atoms with van der Waals surface area (Å²) >= 11 is 0. The molecule has 106 valence electrons. The van der Waals surface area contributed by atoms with Gasteiger partial charge in [0, 0.05) is 0 Å². The van der Waals surface area contributed by atoms with Gasteiger partial charge in [-0.1, -0.05) is 13.8 Å². The Bertz CT molecular complexity index is 381. The molecule has 1 atom stereocenters. The van der Waals surface area contributed by atoms with Gasteiger partial charge in [0.1, 0.15) is 0 Å². The number of sulfone groups is 1. The van der Waals surface area contributed by atoms with Crippen molar-refractivity contribution in [2.24, 2.45) is 28.9 Å². The molecule has 0 aromatic heterocycles. The van der Waals surface area contributed by atoms with E-state index >= 15 is 0 Å². The highest BCUT2D eigenvalue weighted by atomic mass is 32.2. The van der Waals surface area contributed by atoms with Crippen LogP contribution in [0.15, 0.2) is 0 Å². The Morgan fingerprint density at radius 3 is 2.22 bits per heavy atom. The molecular formula is C14H27NO2S. The molecule has 1 aliphatic carbocycles. The van der Waals surface area contributed by atoms with E-state index in [0.717, 1.165) is 31.1 Å². The molecule has 2 N–H and O–H groups in total. The summed E-state index contributed by atoms with van der Waals surface area (Å²) in [4.78, 5) is 0. The Hall–Kier alpha value is -0.0900. The van der Waals surface area contributed by atoms with E-state index in [1.54, 1.807) is 0 Å². The van der Waals surface area contributed by atoms with Gasteiger partial charge in [-0.05, 0) is 61.8 Å². The van der Waals surface area contributed by atoms with Gasteiger partial charge in [-0.2, -0.15) is 0 Å². The summed E-state index contributed by atoms with van der Waals surface area (Å²) < 4.78 is 23.3. The Kier molecular flexibility index (Phi) is 4.07. The first-order chi connectivity index (χ1) is 8.38. The van der Waals surface area contributed by atoms with E-state index in [0.29, 0.717) is 24.0 Å². The smallest absolute Gasteiger partial charge is 0.150 e. The fraction of sp³-hybridized carbons (Fsp3) is 1.00. The van der Waals surface area contributed by atoms with Crippen molar-refractivity contribution in [3.05, 3.63) is 0 Å². The Morgan fingerprint density at radius 2 is 1.83 bits per heavy atom. The Morgan fingerprint density at radius 1 is 1.22 bits per heavy atom. The summed E-state index contributed by atoms with van der Waals surface area (Å²) in [6, 6.07) is 0. The van der Waals surface area contributed by atoms with E-state index in [2.05, 4.69) is 13.8 Å². The molecule has 0 radical (unpaired) electrons. The topological polar surface area (TPSA) is 60.2 Å². The van der Waals surface area contributed by atoms with Gasteiger partial charge in [0.15, 0.2) is 9.84 Å². The molecule has 3 nitrogen and oxygen atoms in total. The molecule has 0 spiro atoms. The van der Waals surface area contributed by atoms with Crippen molar-refractivity contribution in [2.75, 3.05) is 18.1 Å². The normalized spacial score (nSPS) is 40.2. The fourth-order valence-corrected chi connectivity index (χ4v) is 5.88. The zero-order valence-electron chi connectivity index (χ0n) is 11.7. The lowest BCUT2D eigenvalue weighted by Gasteiger charge is -2.44. The van der Waals surface area contributed by atoms with Crippen molar-refractivity contribution in [3.63, 3.8) is 0 Å². The first-order valence-corrected chi connectivity index (χ1v) is 9.11. The molecule has 0 aromatic carbocycles. The van der Waals surface area contributed by atoms with E-state index in [-0.39, 0.29) is 5.41 Å². The van der Waals surface area contributed by atoms with Gasteiger partial charge in [-0.15, -0.1) is 0 Å².